The normalized spacial score (nSPS) is 13.5. The van der Waals surface area contributed by atoms with Gasteiger partial charge in [-0.1, -0.05) is 51.1 Å². The summed E-state index contributed by atoms with van der Waals surface area (Å²) in [5, 5.41) is 13.1. The molecule has 0 aliphatic carbocycles. The van der Waals surface area contributed by atoms with Crippen molar-refractivity contribution >= 4 is 0 Å². The lowest BCUT2D eigenvalue weighted by Crippen LogP contribution is -2.36. The van der Waals surface area contributed by atoms with Gasteiger partial charge in [0.15, 0.2) is 0 Å². The number of hydrogen-bond donors (Lipinski definition) is 2. The maximum atomic E-state index is 9.81. The van der Waals surface area contributed by atoms with Crippen molar-refractivity contribution in [2.75, 3.05) is 19.7 Å². The van der Waals surface area contributed by atoms with Crippen molar-refractivity contribution in [3.63, 3.8) is 0 Å². The SMILES string of the molecule is CCC(C)(C)CNCC(O)COCc1ccccc1. The fraction of sp³-hybridized carbons (Fsp3) is 0.625. The van der Waals surface area contributed by atoms with Gasteiger partial charge in [0.2, 0.25) is 0 Å². The van der Waals surface area contributed by atoms with E-state index in [1.807, 2.05) is 30.3 Å². The summed E-state index contributed by atoms with van der Waals surface area (Å²) in [7, 11) is 0. The van der Waals surface area contributed by atoms with Gasteiger partial charge in [0.05, 0.1) is 19.3 Å². The van der Waals surface area contributed by atoms with E-state index in [4.69, 9.17) is 4.74 Å². The molecule has 0 saturated carbocycles. The van der Waals surface area contributed by atoms with E-state index in [1.165, 1.54) is 0 Å². The predicted molar refractivity (Wildman–Crippen MR) is 79.0 cm³/mol. The molecule has 108 valence electrons. The molecule has 1 aromatic carbocycles. The van der Waals surface area contributed by atoms with E-state index in [2.05, 4.69) is 26.1 Å². The Labute approximate surface area is 117 Å². The quantitative estimate of drug-likeness (QED) is 0.721. The third-order valence-corrected chi connectivity index (χ3v) is 3.36. The topological polar surface area (TPSA) is 41.5 Å². The van der Waals surface area contributed by atoms with Crippen LogP contribution in [0.3, 0.4) is 0 Å². The molecule has 0 saturated heterocycles. The monoisotopic (exact) mass is 265 g/mol. The Kier molecular flexibility index (Phi) is 7.06. The number of nitrogens with one attached hydrogen (secondary N) is 1. The minimum Gasteiger partial charge on any atom is -0.389 e. The molecular weight excluding hydrogens is 238 g/mol. The lowest BCUT2D eigenvalue weighted by molar-refractivity contribution is 0.0278. The van der Waals surface area contributed by atoms with Gasteiger partial charge in [0, 0.05) is 13.1 Å². The molecule has 3 heteroatoms. The Morgan fingerprint density at radius 3 is 2.58 bits per heavy atom. The highest BCUT2D eigenvalue weighted by molar-refractivity contribution is 5.13. The number of aliphatic hydroxyl groups is 1. The van der Waals surface area contributed by atoms with Crippen molar-refractivity contribution in [2.24, 2.45) is 5.41 Å². The number of aliphatic hydroxyl groups excluding tert-OH is 1. The first-order chi connectivity index (χ1) is 9.03. The second-order valence-corrected chi connectivity index (χ2v) is 5.80. The zero-order chi connectivity index (χ0) is 14.1. The molecule has 1 rings (SSSR count). The van der Waals surface area contributed by atoms with Crippen LogP contribution in [-0.2, 0) is 11.3 Å². The van der Waals surface area contributed by atoms with Crippen LogP contribution in [-0.4, -0.2) is 30.9 Å². The Bertz CT molecular complexity index is 338. The molecule has 0 bridgehead atoms. The lowest BCUT2D eigenvalue weighted by atomic mass is 9.90. The highest BCUT2D eigenvalue weighted by atomic mass is 16.5. The van der Waals surface area contributed by atoms with Crippen LogP contribution in [0.1, 0.15) is 32.8 Å². The molecule has 0 aliphatic heterocycles. The average molecular weight is 265 g/mol. The van der Waals surface area contributed by atoms with Gasteiger partial charge in [-0.3, -0.25) is 0 Å². The van der Waals surface area contributed by atoms with Crippen LogP contribution in [0.4, 0.5) is 0 Å². The smallest absolute Gasteiger partial charge is 0.0897 e. The summed E-state index contributed by atoms with van der Waals surface area (Å²) in [5.41, 5.74) is 1.42. The van der Waals surface area contributed by atoms with Gasteiger partial charge in [-0.15, -0.1) is 0 Å². The molecule has 1 atom stereocenters. The summed E-state index contributed by atoms with van der Waals surface area (Å²) in [6.45, 7) is 9.04. The first-order valence-electron chi connectivity index (χ1n) is 7.04. The number of ether oxygens (including phenoxy) is 1. The maximum Gasteiger partial charge on any atom is 0.0897 e. The molecule has 19 heavy (non-hydrogen) atoms. The van der Waals surface area contributed by atoms with Crippen molar-refractivity contribution in [1.82, 2.24) is 5.32 Å². The zero-order valence-electron chi connectivity index (χ0n) is 12.4. The van der Waals surface area contributed by atoms with Gasteiger partial charge in [-0.2, -0.15) is 0 Å². The minimum atomic E-state index is -0.448. The Morgan fingerprint density at radius 2 is 1.95 bits per heavy atom. The van der Waals surface area contributed by atoms with Crippen molar-refractivity contribution in [2.45, 2.75) is 39.9 Å². The van der Waals surface area contributed by atoms with Crippen LogP contribution >= 0.6 is 0 Å². The summed E-state index contributed by atoms with van der Waals surface area (Å²) in [6.07, 6.45) is 0.678. The van der Waals surface area contributed by atoms with Crippen LogP contribution in [0.25, 0.3) is 0 Å². The molecule has 1 unspecified atom stereocenters. The van der Waals surface area contributed by atoms with Crippen molar-refractivity contribution in [1.29, 1.82) is 0 Å². The van der Waals surface area contributed by atoms with Gasteiger partial charge in [-0.05, 0) is 17.4 Å². The van der Waals surface area contributed by atoms with Gasteiger partial charge in [-0.25, -0.2) is 0 Å². The summed E-state index contributed by atoms with van der Waals surface area (Å²) < 4.78 is 5.50. The van der Waals surface area contributed by atoms with E-state index in [0.717, 1.165) is 18.5 Å². The van der Waals surface area contributed by atoms with Gasteiger partial charge in [0.1, 0.15) is 0 Å². The standard InChI is InChI=1S/C16H27NO2/c1-4-16(2,3)13-17-10-15(18)12-19-11-14-8-6-5-7-9-14/h5-9,15,17-18H,4,10-13H2,1-3H3. The van der Waals surface area contributed by atoms with E-state index < -0.39 is 6.10 Å². The second kappa shape index (κ2) is 8.31. The molecule has 0 heterocycles. The minimum absolute atomic E-state index is 0.282. The molecule has 0 fully saturated rings. The third kappa shape index (κ3) is 7.31. The van der Waals surface area contributed by atoms with Crippen molar-refractivity contribution < 1.29 is 9.84 Å². The van der Waals surface area contributed by atoms with Crippen LogP contribution in [0.5, 0.6) is 0 Å². The molecule has 0 spiro atoms. The molecule has 0 aromatic heterocycles. The predicted octanol–water partition coefficient (Wildman–Crippen LogP) is 2.59. The molecule has 0 amide bonds. The first-order valence-corrected chi connectivity index (χ1v) is 7.04. The molecule has 2 N–H and O–H groups in total. The lowest BCUT2D eigenvalue weighted by Gasteiger charge is -2.24. The van der Waals surface area contributed by atoms with Gasteiger partial charge in [0.25, 0.3) is 0 Å². The third-order valence-electron chi connectivity index (χ3n) is 3.36. The maximum absolute atomic E-state index is 9.81. The van der Waals surface area contributed by atoms with Crippen LogP contribution in [0.15, 0.2) is 30.3 Å². The van der Waals surface area contributed by atoms with E-state index in [0.29, 0.717) is 19.8 Å². The second-order valence-electron chi connectivity index (χ2n) is 5.80. The van der Waals surface area contributed by atoms with E-state index in [-0.39, 0.29) is 5.41 Å². The Hall–Kier alpha value is -0.900. The zero-order valence-corrected chi connectivity index (χ0v) is 12.4. The summed E-state index contributed by atoms with van der Waals surface area (Å²) in [5.74, 6) is 0. The molecule has 1 aromatic rings. The van der Waals surface area contributed by atoms with E-state index >= 15 is 0 Å². The molecule has 0 aliphatic rings. The average Bonchev–Trinajstić information content (AvgIpc) is 2.40. The fourth-order valence-electron chi connectivity index (χ4n) is 1.65. The highest BCUT2D eigenvalue weighted by Crippen LogP contribution is 2.17. The molecular formula is C16H27NO2. The number of rotatable bonds is 9. The number of hydrogen-bond acceptors (Lipinski definition) is 3. The largest absolute Gasteiger partial charge is 0.389 e. The van der Waals surface area contributed by atoms with Crippen LogP contribution in [0, 0.1) is 5.41 Å². The Balaban J connectivity index is 2.10. The van der Waals surface area contributed by atoms with Crippen LogP contribution < -0.4 is 5.32 Å². The van der Waals surface area contributed by atoms with Crippen molar-refractivity contribution in [3.8, 4) is 0 Å². The van der Waals surface area contributed by atoms with Gasteiger partial charge >= 0.3 is 0 Å². The van der Waals surface area contributed by atoms with Crippen molar-refractivity contribution in [3.05, 3.63) is 35.9 Å². The fourth-order valence-corrected chi connectivity index (χ4v) is 1.65. The van der Waals surface area contributed by atoms with E-state index in [1.54, 1.807) is 0 Å². The molecule has 3 nitrogen and oxygen atoms in total. The summed E-state index contributed by atoms with van der Waals surface area (Å²) in [4.78, 5) is 0. The van der Waals surface area contributed by atoms with Gasteiger partial charge < -0.3 is 15.2 Å². The highest BCUT2D eigenvalue weighted by Gasteiger charge is 2.14. The first kappa shape index (κ1) is 16.2. The van der Waals surface area contributed by atoms with Crippen LogP contribution in [0.2, 0.25) is 0 Å². The summed E-state index contributed by atoms with van der Waals surface area (Å²) >= 11 is 0. The summed E-state index contributed by atoms with van der Waals surface area (Å²) in [6, 6.07) is 10.0. The Morgan fingerprint density at radius 1 is 1.26 bits per heavy atom. The number of benzene rings is 1. The molecule has 0 radical (unpaired) electrons. The van der Waals surface area contributed by atoms with E-state index in [9.17, 15) is 5.11 Å².